The number of hydrogen-bond acceptors (Lipinski definition) is 4. The first kappa shape index (κ1) is 27.2. The van der Waals surface area contributed by atoms with Crippen molar-refractivity contribution in [1.29, 1.82) is 0 Å². The zero-order valence-corrected chi connectivity index (χ0v) is 18.4. The molecule has 4 atom stereocenters. The van der Waals surface area contributed by atoms with E-state index < -0.39 is 82.5 Å². The summed E-state index contributed by atoms with van der Waals surface area (Å²) in [5.74, 6) is -11.9. The predicted octanol–water partition coefficient (Wildman–Crippen LogP) is 4.88. The second-order valence-electron chi connectivity index (χ2n) is 8.16. The van der Waals surface area contributed by atoms with Crippen LogP contribution in [0, 0.1) is 23.4 Å². The van der Waals surface area contributed by atoms with E-state index in [0.29, 0.717) is 19.1 Å². The van der Waals surface area contributed by atoms with Crippen molar-refractivity contribution in [2.75, 3.05) is 5.32 Å². The number of halogens is 8. The van der Waals surface area contributed by atoms with Gasteiger partial charge in [0.05, 0.1) is 5.56 Å². The van der Waals surface area contributed by atoms with Gasteiger partial charge in [-0.05, 0) is 31.2 Å². The fourth-order valence-corrected chi connectivity index (χ4v) is 4.05. The highest BCUT2D eigenvalue weighted by molar-refractivity contribution is 5.98. The van der Waals surface area contributed by atoms with E-state index in [0.717, 1.165) is 25.1 Å². The molecule has 3 N–H and O–H groups in total. The molecule has 1 aliphatic rings. The number of nitrogens with two attached hydrogens (primary N) is 1. The minimum Gasteiger partial charge on any atom is -0.431 e. The summed E-state index contributed by atoms with van der Waals surface area (Å²) in [4.78, 5) is 24.4. The normalized spacial score (nSPS) is 24.1. The number of benzene rings is 2. The third-order valence-electron chi connectivity index (χ3n) is 6.07. The van der Waals surface area contributed by atoms with Gasteiger partial charge in [-0.25, -0.2) is 8.78 Å². The summed E-state index contributed by atoms with van der Waals surface area (Å²) >= 11 is 0. The highest BCUT2D eigenvalue weighted by Gasteiger charge is 2.66. The zero-order valence-electron chi connectivity index (χ0n) is 18.4. The van der Waals surface area contributed by atoms with Gasteiger partial charge in [0.25, 0.3) is 11.8 Å². The zero-order chi connectivity index (χ0) is 27.2. The molecule has 1 fully saturated rings. The molecule has 0 aromatic heterocycles. The van der Waals surface area contributed by atoms with Gasteiger partial charge in [-0.2, -0.15) is 26.3 Å². The number of carbonyl (C=O) groups is 2. The van der Waals surface area contributed by atoms with Crippen LogP contribution in [0.5, 0.6) is 5.75 Å². The third-order valence-corrected chi connectivity index (χ3v) is 6.07. The van der Waals surface area contributed by atoms with Gasteiger partial charge in [0, 0.05) is 23.1 Å². The summed E-state index contributed by atoms with van der Waals surface area (Å²) in [6, 6.07) is 3.74. The van der Waals surface area contributed by atoms with Crippen LogP contribution in [-0.4, -0.2) is 36.3 Å². The first-order valence-corrected chi connectivity index (χ1v) is 10.2. The number of rotatable bonds is 6. The molecule has 0 radical (unpaired) electrons. The first-order chi connectivity index (χ1) is 16.6. The molecule has 2 aromatic carbocycles. The maximum atomic E-state index is 14.4. The molecule has 196 valence electrons. The van der Waals surface area contributed by atoms with Crippen molar-refractivity contribution in [3.05, 3.63) is 58.9 Å². The van der Waals surface area contributed by atoms with Crippen molar-refractivity contribution < 1.29 is 54.2 Å². The summed E-state index contributed by atoms with van der Waals surface area (Å²) in [6.07, 6.45) is -7.18. The van der Waals surface area contributed by atoms with Crippen LogP contribution in [0.3, 0.4) is 0 Å². The van der Waals surface area contributed by atoms with Gasteiger partial charge >= 0.3 is 12.8 Å². The van der Waals surface area contributed by atoms with Gasteiger partial charge < -0.3 is 20.5 Å². The Morgan fingerprint density at radius 1 is 1.11 bits per heavy atom. The molecule has 0 saturated carbocycles. The van der Waals surface area contributed by atoms with Crippen LogP contribution < -0.4 is 15.8 Å². The van der Waals surface area contributed by atoms with E-state index in [1.807, 2.05) is 0 Å². The van der Waals surface area contributed by atoms with Gasteiger partial charge in [-0.3, -0.25) is 9.59 Å². The maximum absolute atomic E-state index is 14.4. The van der Waals surface area contributed by atoms with Crippen molar-refractivity contribution in [3.63, 3.8) is 0 Å². The number of anilines is 1. The maximum Gasteiger partial charge on any atom is 0.417 e. The third kappa shape index (κ3) is 4.81. The molecular weight excluding hydrogens is 508 g/mol. The van der Waals surface area contributed by atoms with E-state index >= 15 is 0 Å². The number of hydrogen-bond donors (Lipinski definition) is 2. The second kappa shape index (κ2) is 9.56. The van der Waals surface area contributed by atoms with E-state index in [2.05, 4.69) is 10.1 Å². The van der Waals surface area contributed by atoms with Crippen molar-refractivity contribution in [2.45, 2.75) is 44.3 Å². The van der Waals surface area contributed by atoms with Crippen LogP contribution in [0.2, 0.25) is 0 Å². The van der Waals surface area contributed by atoms with Crippen molar-refractivity contribution in [3.8, 4) is 5.75 Å². The average molecular weight is 526 g/mol. The van der Waals surface area contributed by atoms with Crippen LogP contribution in [0.25, 0.3) is 0 Å². The number of nitrogens with one attached hydrogen (secondary N) is 1. The molecule has 1 heterocycles. The predicted molar refractivity (Wildman–Crippen MR) is 108 cm³/mol. The molecular formula is C22H18F8N2O4. The van der Waals surface area contributed by atoms with Gasteiger partial charge in [-0.15, -0.1) is 0 Å². The lowest BCUT2D eigenvalue weighted by molar-refractivity contribution is -0.272. The van der Waals surface area contributed by atoms with E-state index in [-0.39, 0.29) is 5.69 Å². The van der Waals surface area contributed by atoms with Crippen molar-refractivity contribution >= 4 is 17.5 Å². The van der Waals surface area contributed by atoms with Crippen LogP contribution in [0.15, 0.2) is 30.3 Å². The molecule has 2 aromatic rings. The lowest BCUT2D eigenvalue weighted by Gasteiger charge is -2.32. The Hall–Kier alpha value is -3.42. The quantitative estimate of drug-likeness (QED) is 0.525. The molecule has 0 bridgehead atoms. The van der Waals surface area contributed by atoms with E-state index in [9.17, 15) is 44.7 Å². The number of alkyl halides is 5. The summed E-state index contributed by atoms with van der Waals surface area (Å²) in [5.41, 5.74) is 0.424. The van der Waals surface area contributed by atoms with Crippen molar-refractivity contribution in [1.82, 2.24) is 0 Å². The van der Waals surface area contributed by atoms with Gasteiger partial charge in [0.15, 0.2) is 17.2 Å². The van der Waals surface area contributed by atoms with Gasteiger partial charge in [-0.1, -0.05) is 13.0 Å². The Bertz CT molecular complexity index is 1190. The van der Waals surface area contributed by atoms with E-state index in [1.165, 1.54) is 0 Å². The molecule has 2 amide bonds. The Morgan fingerprint density at radius 2 is 1.72 bits per heavy atom. The van der Waals surface area contributed by atoms with Gasteiger partial charge in [0.2, 0.25) is 5.82 Å². The molecule has 1 saturated heterocycles. The lowest BCUT2D eigenvalue weighted by atomic mass is 9.77. The first-order valence-electron chi connectivity index (χ1n) is 10.2. The fourth-order valence-electron chi connectivity index (χ4n) is 4.05. The SMILES string of the molecule is C[C@@H]1[C@@H](c2ccc(F)c(F)c2OC(F)F)[C@H](C(=O)Nc2ccc(F)c(C(N)=O)c2)O[C@]1(C)C(F)(F)F. The summed E-state index contributed by atoms with van der Waals surface area (Å²) in [6.45, 7) is -2.08. The van der Waals surface area contributed by atoms with E-state index in [1.54, 1.807) is 0 Å². The molecule has 0 spiro atoms. The topological polar surface area (TPSA) is 90.6 Å². The van der Waals surface area contributed by atoms with Crippen LogP contribution >= 0.6 is 0 Å². The molecule has 1 aliphatic heterocycles. The number of ether oxygens (including phenoxy) is 2. The highest BCUT2D eigenvalue weighted by atomic mass is 19.4. The van der Waals surface area contributed by atoms with E-state index in [4.69, 9.17) is 10.5 Å². The smallest absolute Gasteiger partial charge is 0.417 e. The minimum atomic E-state index is -5.09. The summed E-state index contributed by atoms with van der Waals surface area (Å²) < 4.78 is 119. The van der Waals surface area contributed by atoms with Crippen LogP contribution in [0.4, 0.5) is 40.8 Å². The summed E-state index contributed by atoms with van der Waals surface area (Å²) in [7, 11) is 0. The standard InChI is InChI=1S/C22H18F8N2O4/c1-8-14(10-4-6-13(24)15(25)16(10)35-20(26)27)17(36-21(8,2)22(28,29)30)19(34)32-9-3-5-12(23)11(7-9)18(31)33/h3-8,14,17,20H,1-2H3,(H2,31,33)(H,32,34)/t8-,14+,17-,21+/m1/s1. The molecule has 0 unspecified atom stereocenters. The largest absolute Gasteiger partial charge is 0.431 e. The Kier molecular flexibility index (Phi) is 7.22. The second-order valence-corrected chi connectivity index (χ2v) is 8.16. The highest BCUT2D eigenvalue weighted by Crippen LogP contribution is 2.55. The average Bonchev–Trinajstić information content (AvgIpc) is 3.04. The fraction of sp³-hybridized carbons (Fsp3) is 0.364. The van der Waals surface area contributed by atoms with Crippen molar-refractivity contribution in [2.24, 2.45) is 11.7 Å². The number of primary amides is 1. The lowest BCUT2D eigenvalue weighted by Crippen LogP contribution is -2.47. The molecule has 6 nitrogen and oxygen atoms in total. The Labute approximate surface area is 198 Å². The number of carbonyl (C=O) groups excluding carboxylic acids is 2. The van der Waals surface area contributed by atoms with Crippen LogP contribution in [-0.2, 0) is 9.53 Å². The monoisotopic (exact) mass is 526 g/mol. The minimum absolute atomic E-state index is 0.264. The molecule has 14 heteroatoms. The summed E-state index contributed by atoms with van der Waals surface area (Å²) in [5, 5.41) is 2.14. The molecule has 36 heavy (non-hydrogen) atoms. The van der Waals surface area contributed by atoms with Crippen LogP contribution in [0.1, 0.15) is 35.7 Å². The Morgan fingerprint density at radius 3 is 2.28 bits per heavy atom. The number of amides is 2. The molecule has 0 aliphatic carbocycles. The molecule has 3 rings (SSSR count). The van der Waals surface area contributed by atoms with Gasteiger partial charge in [0.1, 0.15) is 11.9 Å². The Balaban J connectivity index is 2.11.